The van der Waals surface area contributed by atoms with Crippen molar-refractivity contribution in [1.82, 2.24) is 0 Å². The first-order valence-electron chi connectivity index (χ1n) is 10.2. The Morgan fingerprint density at radius 2 is 1.73 bits per heavy atom. The van der Waals surface area contributed by atoms with Crippen LogP contribution in [0.3, 0.4) is 0 Å². The number of hydrogen-bond acceptors (Lipinski definition) is 5. The van der Waals surface area contributed by atoms with Crippen LogP contribution in [0.4, 0.5) is 21.9 Å². The molecule has 3 aromatic rings. The number of carbonyl (C=O) groups is 2. The van der Waals surface area contributed by atoms with Crippen LogP contribution >= 0.6 is 22.6 Å². The van der Waals surface area contributed by atoms with Gasteiger partial charge in [-0.15, -0.1) is 0 Å². The number of hydrogen-bond donors (Lipinski definition) is 4. The number of halogens is 1. The number of anilines is 3. The highest BCUT2D eigenvalue weighted by atomic mass is 127. The Bertz CT molecular complexity index is 1150. The highest BCUT2D eigenvalue weighted by Gasteiger charge is 2.25. The van der Waals surface area contributed by atoms with Gasteiger partial charge in [0.15, 0.2) is 0 Å². The Labute approximate surface area is 205 Å². The number of para-hydroxylation sites is 3. The molecule has 5 N–H and O–H groups in total. The summed E-state index contributed by atoms with van der Waals surface area (Å²) in [5.74, 6) is -0.816. The second kappa shape index (κ2) is 11.4. The molecule has 0 fully saturated rings. The summed E-state index contributed by atoms with van der Waals surface area (Å²) in [6, 6.07) is 20.9. The molecule has 0 bridgehead atoms. The van der Waals surface area contributed by atoms with Crippen LogP contribution in [0.5, 0.6) is 5.75 Å². The maximum absolute atomic E-state index is 12.6. The van der Waals surface area contributed by atoms with Crippen molar-refractivity contribution < 1.29 is 19.4 Å². The number of nitrogens with one attached hydrogen (secondary N) is 2. The van der Waals surface area contributed by atoms with Crippen molar-refractivity contribution in [2.75, 3.05) is 16.4 Å². The first-order chi connectivity index (χ1) is 15.8. The van der Waals surface area contributed by atoms with Crippen LogP contribution in [0.15, 0.2) is 84.9 Å². The Balaban J connectivity index is 1.78. The molecule has 0 aromatic heterocycles. The zero-order valence-electron chi connectivity index (χ0n) is 17.9. The van der Waals surface area contributed by atoms with Crippen LogP contribution in [-0.2, 0) is 9.53 Å². The fourth-order valence-electron chi connectivity index (χ4n) is 3.12. The molecule has 2 amide bonds. The third-order valence-electron chi connectivity index (χ3n) is 4.80. The van der Waals surface area contributed by atoms with Crippen LogP contribution in [0.2, 0.25) is 0 Å². The van der Waals surface area contributed by atoms with Gasteiger partial charge in [0.2, 0.25) is 5.91 Å². The quantitative estimate of drug-likeness (QED) is 0.169. The second-order valence-electron chi connectivity index (χ2n) is 7.31. The van der Waals surface area contributed by atoms with Crippen LogP contribution < -0.4 is 16.4 Å². The molecule has 33 heavy (non-hydrogen) atoms. The van der Waals surface area contributed by atoms with E-state index in [-0.39, 0.29) is 11.7 Å². The summed E-state index contributed by atoms with van der Waals surface area (Å²) in [6.45, 7) is 1.79. The molecule has 170 valence electrons. The van der Waals surface area contributed by atoms with E-state index < -0.39 is 18.1 Å². The number of benzene rings is 3. The van der Waals surface area contributed by atoms with E-state index in [9.17, 15) is 14.7 Å². The number of rotatable bonds is 7. The van der Waals surface area contributed by atoms with Gasteiger partial charge in [0, 0.05) is 20.7 Å². The highest BCUT2D eigenvalue weighted by Crippen LogP contribution is 2.34. The van der Waals surface area contributed by atoms with Gasteiger partial charge in [0.05, 0.1) is 11.4 Å². The minimum atomic E-state index is -0.839. The first kappa shape index (κ1) is 24.1. The van der Waals surface area contributed by atoms with E-state index in [2.05, 4.69) is 33.2 Å². The molecule has 0 radical (unpaired) electrons. The van der Waals surface area contributed by atoms with Crippen LogP contribution in [0, 0.1) is 9.49 Å². The molecule has 8 heteroatoms. The van der Waals surface area contributed by atoms with Gasteiger partial charge in [0.1, 0.15) is 11.9 Å². The lowest BCUT2D eigenvalue weighted by Crippen LogP contribution is -2.21. The van der Waals surface area contributed by atoms with E-state index in [1.807, 2.05) is 6.07 Å². The van der Waals surface area contributed by atoms with Crippen molar-refractivity contribution in [3.05, 3.63) is 94.1 Å². The average molecular weight is 557 g/mol. The molecular weight excluding hydrogens is 533 g/mol. The molecule has 0 saturated carbocycles. The number of phenolic OH excluding ortho intramolecular Hbond substituents is 1. The van der Waals surface area contributed by atoms with Crippen molar-refractivity contribution in [2.45, 2.75) is 13.0 Å². The molecule has 3 aromatic carbocycles. The molecule has 2 atom stereocenters. The van der Waals surface area contributed by atoms with Gasteiger partial charge in [-0.2, -0.15) is 0 Å². The summed E-state index contributed by atoms with van der Waals surface area (Å²) < 4.78 is 6.56. The lowest BCUT2D eigenvalue weighted by Gasteiger charge is -2.23. The zero-order chi connectivity index (χ0) is 23.8. The largest absolute Gasteiger partial charge is 0.508 e. The van der Waals surface area contributed by atoms with Crippen LogP contribution in [0.25, 0.3) is 0 Å². The minimum Gasteiger partial charge on any atom is -0.508 e. The number of carbonyl (C=O) groups excluding carboxylic acids is 2. The number of aromatic hydroxyl groups is 1. The van der Waals surface area contributed by atoms with Gasteiger partial charge in [-0.05, 0) is 71.1 Å². The van der Waals surface area contributed by atoms with Crippen molar-refractivity contribution in [1.29, 1.82) is 0 Å². The standard InChI is InChI=1S/C25H24IN3O4/c1-16(11-14-23(31)29-21-10-6-5-9-20(21)27)24(19-15-17(26)12-13-22(19)30)33-25(32)28-18-7-3-2-4-8-18/h2-16,24,30H,27H2,1H3,(H,28,32)(H,29,31)/b14-11+/t16-,24-/m1/s1. The van der Waals surface area contributed by atoms with Crippen LogP contribution in [-0.4, -0.2) is 17.1 Å². The monoisotopic (exact) mass is 557 g/mol. The normalized spacial score (nSPS) is 12.7. The molecule has 0 aliphatic heterocycles. The van der Waals surface area contributed by atoms with Gasteiger partial charge in [-0.1, -0.05) is 43.3 Å². The fraction of sp³-hybridized carbons (Fsp3) is 0.120. The van der Waals surface area contributed by atoms with E-state index >= 15 is 0 Å². The molecule has 7 nitrogen and oxygen atoms in total. The molecule has 0 spiro atoms. The van der Waals surface area contributed by atoms with E-state index in [1.165, 1.54) is 6.08 Å². The Hall–Kier alpha value is -3.53. The SMILES string of the molecule is C[C@H](/C=C/C(=O)Nc1ccccc1N)[C@@H](OC(=O)Nc1ccccc1)c1cc(I)ccc1O. The summed E-state index contributed by atoms with van der Waals surface area (Å²) >= 11 is 2.12. The van der Waals surface area contributed by atoms with Gasteiger partial charge >= 0.3 is 6.09 Å². The Morgan fingerprint density at radius 3 is 2.45 bits per heavy atom. The molecular formula is C25H24IN3O4. The maximum atomic E-state index is 12.6. The third kappa shape index (κ3) is 6.98. The second-order valence-corrected chi connectivity index (χ2v) is 8.56. The van der Waals surface area contributed by atoms with Gasteiger partial charge in [-0.3, -0.25) is 10.1 Å². The predicted molar refractivity (Wildman–Crippen MR) is 138 cm³/mol. The topological polar surface area (TPSA) is 114 Å². The smallest absolute Gasteiger partial charge is 0.412 e. The molecule has 0 unspecified atom stereocenters. The first-order valence-corrected chi connectivity index (χ1v) is 11.3. The average Bonchev–Trinajstić information content (AvgIpc) is 2.80. The lowest BCUT2D eigenvalue weighted by atomic mass is 9.96. The van der Waals surface area contributed by atoms with Gasteiger partial charge < -0.3 is 20.9 Å². The van der Waals surface area contributed by atoms with Crippen molar-refractivity contribution >= 4 is 51.7 Å². The van der Waals surface area contributed by atoms with E-state index in [0.29, 0.717) is 22.6 Å². The van der Waals surface area contributed by atoms with E-state index in [1.54, 1.807) is 79.7 Å². The summed E-state index contributed by atoms with van der Waals surface area (Å²) in [5.41, 5.74) is 7.84. The van der Waals surface area contributed by atoms with Crippen molar-refractivity contribution in [2.24, 2.45) is 5.92 Å². The number of phenols is 1. The summed E-state index contributed by atoms with van der Waals surface area (Å²) in [7, 11) is 0. The Morgan fingerprint density at radius 1 is 1.03 bits per heavy atom. The molecule has 0 saturated heterocycles. The van der Waals surface area contributed by atoms with Gasteiger partial charge in [-0.25, -0.2) is 4.79 Å². The lowest BCUT2D eigenvalue weighted by molar-refractivity contribution is -0.111. The molecule has 3 rings (SSSR count). The Kier molecular flexibility index (Phi) is 8.31. The summed E-state index contributed by atoms with van der Waals surface area (Å²) in [6.07, 6.45) is 1.46. The van der Waals surface area contributed by atoms with E-state index in [4.69, 9.17) is 10.5 Å². The fourth-order valence-corrected chi connectivity index (χ4v) is 3.63. The van der Waals surface area contributed by atoms with Crippen molar-refractivity contribution in [3.63, 3.8) is 0 Å². The maximum Gasteiger partial charge on any atom is 0.412 e. The number of nitrogens with two attached hydrogens (primary N) is 1. The molecule has 0 heterocycles. The van der Waals surface area contributed by atoms with Gasteiger partial charge in [0.25, 0.3) is 0 Å². The molecule has 0 aliphatic carbocycles. The highest BCUT2D eigenvalue weighted by molar-refractivity contribution is 14.1. The zero-order valence-corrected chi connectivity index (χ0v) is 20.0. The predicted octanol–water partition coefficient (Wildman–Crippen LogP) is 5.70. The number of ether oxygens (including phenoxy) is 1. The minimum absolute atomic E-state index is 0.00492. The molecule has 0 aliphatic rings. The summed E-state index contributed by atoms with van der Waals surface area (Å²) in [4.78, 5) is 25.0. The van der Waals surface area contributed by atoms with Crippen LogP contribution in [0.1, 0.15) is 18.6 Å². The van der Waals surface area contributed by atoms with Crippen molar-refractivity contribution in [3.8, 4) is 5.75 Å². The summed E-state index contributed by atoms with van der Waals surface area (Å²) in [5, 5.41) is 15.8. The third-order valence-corrected chi connectivity index (χ3v) is 5.47. The number of nitrogen functional groups attached to an aromatic ring is 1. The number of amides is 2. The van der Waals surface area contributed by atoms with E-state index in [0.717, 1.165) is 3.57 Å².